The third-order valence-electron chi connectivity index (χ3n) is 4.59. The lowest BCUT2D eigenvalue weighted by atomic mass is 10.1. The van der Waals surface area contributed by atoms with Gasteiger partial charge >= 0.3 is 5.97 Å². The number of rotatable bonds is 10. The monoisotopic (exact) mass is 415 g/mol. The largest absolute Gasteiger partial charge is 0.487 e. The number of aliphatic carboxylic acids is 1. The summed E-state index contributed by atoms with van der Waals surface area (Å²) in [6.07, 6.45) is 0.132. The average molecular weight is 416 g/mol. The van der Waals surface area contributed by atoms with Crippen molar-refractivity contribution in [3.63, 3.8) is 0 Å². The molecule has 2 unspecified atom stereocenters. The molecular formula is C22H25NO5S. The van der Waals surface area contributed by atoms with E-state index in [4.69, 9.17) is 13.9 Å². The normalized spacial score (nSPS) is 13.2. The Balaban J connectivity index is 1.59. The van der Waals surface area contributed by atoms with Crippen LogP contribution in [0.1, 0.15) is 37.3 Å². The molecule has 2 aromatic heterocycles. The summed E-state index contributed by atoms with van der Waals surface area (Å²) in [5.74, 6) is 1.07. The van der Waals surface area contributed by atoms with E-state index in [9.17, 15) is 9.90 Å². The highest BCUT2D eigenvalue weighted by molar-refractivity contribution is 7.13. The smallest absolute Gasteiger partial charge is 0.333 e. The van der Waals surface area contributed by atoms with Crippen molar-refractivity contribution in [2.24, 2.45) is 0 Å². The molecule has 2 atom stereocenters. The summed E-state index contributed by atoms with van der Waals surface area (Å²) in [6.45, 7) is 6.02. The highest BCUT2D eigenvalue weighted by atomic mass is 32.1. The Bertz CT molecular complexity index is 917. The average Bonchev–Trinajstić information content (AvgIpc) is 3.36. The van der Waals surface area contributed by atoms with Crippen LogP contribution in [0, 0.1) is 6.92 Å². The Morgan fingerprint density at radius 1 is 1.28 bits per heavy atom. The Labute approximate surface area is 174 Å². The lowest BCUT2D eigenvalue weighted by molar-refractivity contribution is -0.153. The van der Waals surface area contributed by atoms with E-state index in [0.29, 0.717) is 24.7 Å². The molecule has 0 bridgehead atoms. The fraction of sp³-hybridized carbons (Fsp3) is 0.364. The van der Waals surface area contributed by atoms with Crippen LogP contribution in [0.25, 0.3) is 10.8 Å². The van der Waals surface area contributed by atoms with Crippen molar-refractivity contribution in [3.8, 4) is 16.5 Å². The number of aryl methyl sites for hydroxylation is 1. The van der Waals surface area contributed by atoms with Crippen LogP contribution in [-0.4, -0.2) is 28.3 Å². The van der Waals surface area contributed by atoms with Crippen molar-refractivity contribution in [3.05, 3.63) is 58.8 Å². The Kier molecular flexibility index (Phi) is 7.06. The predicted octanol–water partition coefficient (Wildman–Crippen LogP) is 5.10. The molecule has 2 heterocycles. The second-order valence-corrected chi connectivity index (χ2v) is 7.77. The minimum absolute atomic E-state index is 0.0940. The summed E-state index contributed by atoms with van der Waals surface area (Å²) in [5, 5.41) is 11.4. The molecule has 29 heavy (non-hydrogen) atoms. The number of ether oxygens (including phenoxy) is 2. The minimum atomic E-state index is -0.950. The van der Waals surface area contributed by atoms with Gasteiger partial charge in [-0.25, -0.2) is 9.78 Å². The molecule has 0 fully saturated rings. The quantitative estimate of drug-likeness (QED) is 0.496. The number of thiophene rings is 1. The topological polar surface area (TPSA) is 81.8 Å². The van der Waals surface area contributed by atoms with Crippen LogP contribution in [0.15, 0.2) is 46.2 Å². The Morgan fingerprint density at radius 2 is 2.03 bits per heavy atom. The number of hydrogen-bond acceptors (Lipinski definition) is 6. The zero-order chi connectivity index (χ0) is 20.8. The molecule has 0 saturated carbocycles. The van der Waals surface area contributed by atoms with Gasteiger partial charge in [0.25, 0.3) is 0 Å². The summed E-state index contributed by atoms with van der Waals surface area (Å²) in [5.41, 5.74) is 1.64. The van der Waals surface area contributed by atoms with Crippen LogP contribution >= 0.6 is 11.3 Å². The number of carboxylic acids is 1. The van der Waals surface area contributed by atoms with Gasteiger partial charge < -0.3 is 19.0 Å². The first-order chi connectivity index (χ1) is 14.0. The van der Waals surface area contributed by atoms with E-state index in [1.807, 2.05) is 62.5 Å². The van der Waals surface area contributed by atoms with E-state index in [-0.39, 0.29) is 6.10 Å². The Morgan fingerprint density at radius 3 is 2.66 bits per heavy atom. The number of benzene rings is 1. The highest BCUT2D eigenvalue weighted by Gasteiger charge is 2.21. The van der Waals surface area contributed by atoms with Crippen LogP contribution in [0.3, 0.4) is 0 Å². The van der Waals surface area contributed by atoms with Gasteiger partial charge in [-0.2, -0.15) is 0 Å². The second kappa shape index (κ2) is 9.71. The van der Waals surface area contributed by atoms with Crippen molar-refractivity contribution < 1.29 is 23.8 Å². The van der Waals surface area contributed by atoms with Crippen molar-refractivity contribution in [2.45, 2.75) is 52.4 Å². The van der Waals surface area contributed by atoms with Crippen LogP contribution in [0.2, 0.25) is 0 Å². The maximum absolute atomic E-state index is 11.4. The first-order valence-electron chi connectivity index (χ1n) is 9.56. The van der Waals surface area contributed by atoms with Gasteiger partial charge in [-0.15, -0.1) is 11.3 Å². The van der Waals surface area contributed by atoms with Gasteiger partial charge in [-0.3, -0.25) is 0 Å². The van der Waals surface area contributed by atoms with Crippen molar-refractivity contribution >= 4 is 17.3 Å². The minimum Gasteiger partial charge on any atom is -0.487 e. The van der Waals surface area contributed by atoms with Crippen LogP contribution in [0.5, 0.6) is 5.75 Å². The predicted molar refractivity (Wildman–Crippen MR) is 111 cm³/mol. The van der Waals surface area contributed by atoms with E-state index in [1.165, 1.54) is 0 Å². The standard InChI is InChI=1S/C22H25NO5S/c1-4-14(2)27-19(22(24)25)12-16-7-9-17(10-8-16)26-13-18-15(3)28-21(23-18)20-6-5-11-29-20/h5-11,14,19H,4,12-13H2,1-3H3,(H,24,25). The van der Waals surface area contributed by atoms with E-state index in [0.717, 1.165) is 28.3 Å². The first-order valence-corrected chi connectivity index (χ1v) is 10.4. The molecule has 3 rings (SSSR count). The summed E-state index contributed by atoms with van der Waals surface area (Å²) < 4.78 is 17.1. The van der Waals surface area contributed by atoms with Gasteiger partial charge in [0.1, 0.15) is 23.8 Å². The fourth-order valence-corrected chi connectivity index (χ4v) is 3.37. The van der Waals surface area contributed by atoms with E-state index in [1.54, 1.807) is 11.3 Å². The summed E-state index contributed by atoms with van der Waals surface area (Å²) in [4.78, 5) is 16.9. The molecule has 0 aliphatic carbocycles. The maximum atomic E-state index is 11.4. The van der Waals surface area contributed by atoms with Crippen molar-refractivity contribution in [1.82, 2.24) is 4.98 Å². The molecule has 1 aromatic carbocycles. The Hall–Kier alpha value is -2.64. The molecule has 154 valence electrons. The fourth-order valence-electron chi connectivity index (χ4n) is 2.73. The van der Waals surface area contributed by atoms with Gasteiger partial charge in [0.15, 0.2) is 6.10 Å². The van der Waals surface area contributed by atoms with Crippen LogP contribution in [-0.2, 0) is 22.6 Å². The molecule has 0 spiro atoms. The lowest BCUT2D eigenvalue weighted by Gasteiger charge is -2.18. The number of nitrogens with zero attached hydrogens (tertiary/aromatic N) is 1. The summed E-state index contributed by atoms with van der Waals surface area (Å²) in [6, 6.07) is 11.3. The first kappa shape index (κ1) is 21.1. The molecule has 0 aliphatic heterocycles. The number of carbonyl (C=O) groups is 1. The molecule has 0 amide bonds. The van der Waals surface area contributed by atoms with Gasteiger partial charge in [-0.05, 0) is 49.4 Å². The van der Waals surface area contributed by atoms with Gasteiger partial charge in [0, 0.05) is 6.42 Å². The molecular weight excluding hydrogens is 390 g/mol. The molecule has 7 heteroatoms. The van der Waals surface area contributed by atoms with E-state index < -0.39 is 12.1 Å². The zero-order valence-electron chi connectivity index (χ0n) is 16.8. The van der Waals surface area contributed by atoms with Crippen LogP contribution < -0.4 is 4.74 Å². The van der Waals surface area contributed by atoms with Crippen molar-refractivity contribution in [1.29, 1.82) is 0 Å². The molecule has 0 saturated heterocycles. The van der Waals surface area contributed by atoms with E-state index in [2.05, 4.69) is 4.98 Å². The molecule has 0 radical (unpaired) electrons. The van der Waals surface area contributed by atoms with Crippen molar-refractivity contribution in [2.75, 3.05) is 0 Å². The number of aromatic nitrogens is 1. The lowest BCUT2D eigenvalue weighted by Crippen LogP contribution is -2.30. The van der Waals surface area contributed by atoms with Gasteiger partial charge in [-0.1, -0.05) is 25.1 Å². The van der Waals surface area contributed by atoms with Gasteiger partial charge in [0.2, 0.25) is 5.89 Å². The van der Waals surface area contributed by atoms with E-state index >= 15 is 0 Å². The third-order valence-corrected chi connectivity index (χ3v) is 5.45. The van der Waals surface area contributed by atoms with Crippen LogP contribution in [0.4, 0.5) is 0 Å². The zero-order valence-corrected chi connectivity index (χ0v) is 17.6. The molecule has 1 N–H and O–H groups in total. The molecule has 0 aliphatic rings. The third kappa shape index (κ3) is 5.68. The second-order valence-electron chi connectivity index (χ2n) is 6.82. The highest BCUT2D eigenvalue weighted by Crippen LogP contribution is 2.26. The number of oxazole rings is 1. The SMILES string of the molecule is CCC(C)OC(Cc1ccc(OCc2nc(-c3cccs3)oc2C)cc1)C(=O)O. The molecule has 3 aromatic rings. The summed E-state index contributed by atoms with van der Waals surface area (Å²) >= 11 is 1.58. The number of hydrogen-bond donors (Lipinski definition) is 1. The van der Waals surface area contributed by atoms with Gasteiger partial charge in [0.05, 0.1) is 11.0 Å². The maximum Gasteiger partial charge on any atom is 0.333 e. The number of carboxylic acid groups (broad SMARTS) is 1. The summed E-state index contributed by atoms with van der Waals surface area (Å²) in [7, 11) is 0. The molecule has 6 nitrogen and oxygen atoms in total.